The third-order valence-electron chi connectivity index (χ3n) is 18.3. The van der Waals surface area contributed by atoms with E-state index in [4.69, 9.17) is 28.4 Å². The molecule has 17 unspecified atom stereocenters. The van der Waals surface area contributed by atoms with Gasteiger partial charge in [0.05, 0.1) is 38.6 Å². The third kappa shape index (κ3) is 36.8. The van der Waals surface area contributed by atoms with E-state index in [0.29, 0.717) is 12.8 Å². The lowest BCUT2D eigenvalue weighted by Crippen LogP contribution is -2.66. The molecule has 3 heterocycles. The van der Waals surface area contributed by atoms with Crippen molar-refractivity contribution in [3.8, 4) is 0 Å². The van der Waals surface area contributed by atoms with Crippen molar-refractivity contribution in [1.29, 1.82) is 0 Å². The van der Waals surface area contributed by atoms with Gasteiger partial charge in [-0.2, -0.15) is 0 Å². The van der Waals surface area contributed by atoms with Gasteiger partial charge in [-0.3, -0.25) is 4.79 Å². The fourth-order valence-electron chi connectivity index (χ4n) is 12.3. The van der Waals surface area contributed by atoms with Gasteiger partial charge in [0.15, 0.2) is 18.9 Å². The van der Waals surface area contributed by atoms with Crippen LogP contribution < -0.4 is 5.32 Å². The molecule has 0 aromatic rings. The number of hydrogen-bond acceptors (Lipinski definition) is 18. The zero-order valence-electron chi connectivity index (χ0n) is 57.5. The Kier molecular flexibility index (Phi) is 50.4. The van der Waals surface area contributed by atoms with Gasteiger partial charge in [-0.15, -0.1) is 0 Å². The number of hydrogen-bond donors (Lipinski definition) is 12. The van der Waals surface area contributed by atoms with Gasteiger partial charge in [-0.25, -0.2) is 0 Å². The summed E-state index contributed by atoms with van der Waals surface area (Å²) in [5.74, 6) is -0.288. The average Bonchev–Trinajstić information content (AvgIpc) is 0.902. The summed E-state index contributed by atoms with van der Waals surface area (Å²) in [6.45, 7) is 1.72. The molecule has 0 aromatic carbocycles. The Hall–Kier alpha value is -2.51. The Morgan fingerprint density at radius 1 is 0.387 bits per heavy atom. The smallest absolute Gasteiger partial charge is 0.220 e. The maximum absolute atomic E-state index is 13.4. The highest BCUT2D eigenvalue weighted by atomic mass is 16.8. The molecule has 0 spiro atoms. The Balaban J connectivity index is 1.43. The topological polar surface area (TPSA) is 307 Å². The van der Waals surface area contributed by atoms with Gasteiger partial charge in [0.1, 0.15) is 73.2 Å². The Morgan fingerprint density at radius 2 is 0.720 bits per heavy atom. The van der Waals surface area contributed by atoms with Crippen LogP contribution in [0.2, 0.25) is 0 Å². The molecule has 0 aromatic heterocycles. The molecule has 0 aliphatic carbocycles. The SMILES string of the molecule is CCCCCCC/C=C\C/C=C\CCCCCCCCCCCCCCCCCC(=O)NC(COC1OC(CO)C(OC2OC(CO)C(OC3OC(CO)C(O)C(O)C3O)C(O)C2O)C(O)C1O)C(O)/C=C/CC/C=C/CC/C=C/CCCCCCCCCCCCC. The second-order valence-corrected chi connectivity index (χ2v) is 26.4. The van der Waals surface area contributed by atoms with Crippen molar-refractivity contribution in [2.75, 3.05) is 26.4 Å². The molecular weight excluding hydrogens is 1190 g/mol. The number of aliphatic hydroxyl groups excluding tert-OH is 11. The molecule has 19 nitrogen and oxygen atoms in total. The molecule has 0 bridgehead atoms. The number of carbonyl (C=O) groups is 1. The van der Waals surface area contributed by atoms with Crippen LogP contribution in [-0.4, -0.2) is 193 Å². The van der Waals surface area contributed by atoms with E-state index in [1.165, 1.54) is 186 Å². The van der Waals surface area contributed by atoms with Crippen LogP contribution in [0.1, 0.15) is 271 Å². The first-order chi connectivity index (χ1) is 45.3. The molecule has 93 heavy (non-hydrogen) atoms. The molecule has 3 rings (SSSR count). The number of ether oxygens (including phenoxy) is 6. The minimum Gasteiger partial charge on any atom is -0.394 e. The van der Waals surface area contributed by atoms with Gasteiger partial charge in [0.2, 0.25) is 5.91 Å². The second-order valence-electron chi connectivity index (χ2n) is 26.4. The van der Waals surface area contributed by atoms with Crippen LogP contribution in [0, 0.1) is 0 Å². The van der Waals surface area contributed by atoms with Crippen LogP contribution >= 0.6 is 0 Å². The van der Waals surface area contributed by atoms with E-state index in [0.717, 1.165) is 51.4 Å². The maximum atomic E-state index is 13.4. The summed E-state index contributed by atoms with van der Waals surface area (Å²) in [6, 6.07) is -0.999. The zero-order valence-corrected chi connectivity index (χ0v) is 57.5. The number of unbranched alkanes of at least 4 members (excludes halogenated alkanes) is 33. The normalized spacial score (nSPS) is 27.9. The number of allylic oxidation sites excluding steroid dienone is 9. The van der Waals surface area contributed by atoms with E-state index in [1.807, 2.05) is 6.08 Å². The molecule has 3 saturated heterocycles. The van der Waals surface area contributed by atoms with Gasteiger partial charge in [0.25, 0.3) is 0 Å². The standard InChI is InChI=1S/C74H133NO18/c1-3-5-7-9-11-13-15-17-19-21-23-25-26-27-28-29-30-32-34-36-38-40-42-44-46-48-50-52-62(80)75-57(58(79)51-49-47-45-43-41-39-37-35-33-31-24-22-20-18-16-14-12-10-8-6-4-2)56-88-72-68(86)65(83)70(60(54-77)90-72)93-74-69(87)66(84)71(61(55-78)91-74)92-73-67(85)64(82)63(81)59(53-76)89-73/h15,17,21,23,33,35,41,43,49,51,57-61,63-74,76-79,81-87H,3-14,16,18-20,22,24-32,34,36-40,42,44-48,50,52-56H2,1-2H3,(H,75,80)/b17-15-,23-21-,35-33+,43-41+,51-49+. The highest BCUT2D eigenvalue weighted by Crippen LogP contribution is 2.33. The van der Waals surface area contributed by atoms with Gasteiger partial charge in [-0.05, 0) is 77.0 Å². The van der Waals surface area contributed by atoms with Crippen molar-refractivity contribution in [2.45, 2.75) is 375 Å². The lowest BCUT2D eigenvalue weighted by Gasteiger charge is -2.48. The molecule has 542 valence electrons. The van der Waals surface area contributed by atoms with Crippen LogP contribution in [0.15, 0.2) is 60.8 Å². The number of aliphatic hydroxyl groups is 11. The van der Waals surface area contributed by atoms with E-state index < -0.39 is 124 Å². The molecule has 12 N–H and O–H groups in total. The second kappa shape index (κ2) is 55.4. The van der Waals surface area contributed by atoms with Crippen molar-refractivity contribution in [1.82, 2.24) is 5.32 Å². The number of nitrogens with one attached hydrogen (secondary N) is 1. The maximum Gasteiger partial charge on any atom is 0.220 e. The fraction of sp³-hybridized carbons (Fsp3) is 0.851. The summed E-state index contributed by atoms with van der Waals surface area (Å²) >= 11 is 0. The quantitative estimate of drug-likeness (QED) is 0.0199. The van der Waals surface area contributed by atoms with Crippen molar-refractivity contribution in [2.24, 2.45) is 0 Å². The molecule has 3 aliphatic rings. The molecule has 1 amide bonds. The van der Waals surface area contributed by atoms with Crippen LogP contribution in [0.4, 0.5) is 0 Å². The van der Waals surface area contributed by atoms with Crippen LogP contribution in [0.25, 0.3) is 0 Å². The minimum absolute atomic E-state index is 0.231. The summed E-state index contributed by atoms with van der Waals surface area (Å²) in [4.78, 5) is 13.4. The first kappa shape index (κ1) is 84.7. The summed E-state index contributed by atoms with van der Waals surface area (Å²) in [6.07, 6.45) is 42.0. The Morgan fingerprint density at radius 3 is 1.14 bits per heavy atom. The van der Waals surface area contributed by atoms with Crippen molar-refractivity contribution in [3.05, 3.63) is 60.8 Å². The number of amides is 1. The Labute approximate surface area is 560 Å². The van der Waals surface area contributed by atoms with E-state index in [9.17, 15) is 61.0 Å². The monoisotopic (exact) mass is 1320 g/mol. The highest BCUT2D eigenvalue weighted by Gasteiger charge is 2.53. The lowest BCUT2D eigenvalue weighted by atomic mass is 9.96. The highest BCUT2D eigenvalue weighted by molar-refractivity contribution is 5.76. The van der Waals surface area contributed by atoms with Crippen LogP contribution in [-0.2, 0) is 33.2 Å². The number of carbonyl (C=O) groups excluding carboxylic acids is 1. The van der Waals surface area contributed by atoms with Crippen molar-refractivity contribution >= 4 is 5.91 Å². The first-order valence-electron chi connectivity index (χ1n) is 37.0. The summed E-state index contributed by atoms with van der Waals surface area (Å²) < 4.78 is 34.4. The van der Waals surface area contributed by atoms with Crippen molar-refractivity contribution < 1.29 is 89.4 Å². The third-order valence-corrected chi connectivity index (χ3v) is 18.3. The molecule has 3 aliphatic heterocycles. The Bertz CT molecular complexity index is 1920. The molecule has 19 heteroatoms. The van der Waals surface area contributed by atoms with E-state index in [2.05, 4.69) is 67.8 Å². The minimum atomic E-state index is -1.98. The van der Waals surface area contributed by atoms with Crippen LogP contribution in [0.3, 0.4) is 0 Å². The fourth-order valence-corrected chi connectivity index (χ4v) is 12.3. The van der Waals surface area contributed by atoms with Crippen molar-refractivity contribution in [3.63, 3.8) is 0 Å². The molecular formula is C74H133NO18. The lowest BCUT2D eigenvalue weighted by molar-refractivity contribution is -0.379. The molecule has 3 fully saturated rings. The first-order valence-corrected chi connectivity index (χ1v) is 37.0. The average molecular weight is 1320 g/mol. The molecule has 0 radical (unpaired) electrons. The van der Waals surface area contributed by atoms with Gasteiger partial charge < -0.3 is 89.9 Å². The predicted molar refractivity (Wildman–Crippen MR) is 365 cm³/mol. The largest absolute Gasteiger partial charge is 0.394 e. The summed E-state index contributed by atoms with van der Waals surface area (Å²) in [7, 11) is 0. The van der Waals surface area contributed by atoms with E-state index in [-0.39, 0.29) is 18.9 Å². The van der Waals surface area contributed by atoms with E-state index in [1.54, 1.807) is 6.08 Å². The van der Waals surface area contributed by atoms with E-state index >= 15 is 0 Å². The number of rotatable bonds is 57. The molecule has 0 saturated carbocycles. The van der Waals surface area contributed by atoms with Crippen LogP contribution in [0.5, 0.6) is 0 Å². The van der Waals surface area contributed by atoms with Gasteiger partial charge in [-0.1, -0.05) is 248 Å². The van der Waals surface area contributed by atoms with Gasteiger partial charge in [0, 0.05) is 6.42 Å². The molecule has 17 atom stereocenters. The predicted octanol–water partition coefficient (Wildman–Crippen LogP) is 10.7. The van der Waals surface area contributed by atoms with Gasteiger partial charge >= 0.3 is 0 Å². The summed E-state index contributed by atoms with van der Waals surface area (Å²) in [5, 5.41) is 121. The zero-order chi connectivity index (χ0) is 67.5. The summed E-state index contributed by atoms with van der Waals surface area (Å²) in [5.41, 5.74) is 0.